The van der Waals surface area contributed by atoms with Crippen LogP contribution in [-0.4, -0.2) is 64.3 Å². The molecular weight excluding hydrogens is 455 g/mol. The van der Waals surface area contributed by atoms with Gasteiger partial charge in [-0.3, -0.25) is 0 Å². The zero-order chi connectivity index (χ0) is 22.8. The molecule has 3 aromatic heterocycles. The lowest BCUT2D eigenvalue weighted by molar-refractivity contribution is -0.136. The van der Waals surface area contributed by atoms with Crippen LogP contribution in [0, 0.1) is 0 Å². The first-order valence-corrected chi connectivity index (χ1v) is 11.1. The Bertz CT molecular complexity index is 1050. The number of halogens is 3. The van der Waals surface area contributed by atoms with Crippen molar-refractivity contribution in [3.05, 3.63) is 24.0 Å². The molecule has 3 N–H and O–H groups in total. The highest BCUT2D eigenvalue weighted by molar-refractivity contribution is 7.93. The van der Waals surface area contributed by atoms with E-state index in [1.807, 2.05) is 0 Å². The Balaban J connectivity index is 2.09. The number of likely N-dealkylation sites (N-methyl/N-ethyl adjacent to an activating group) is 1. The maximum Gasteiger partial charge on any atom is 0.417 e. The fourth-order valence-electron chi connectivity index (χ4n) is 2.79. The number of hydrogen-bond acceptors (Lipinski definition) is 9. The average molecular weight is 476 g/mol. The van der Waals surface area contributed by atoms with Crippen LogP contribution in [0.4, 0.5) is 24.8 Å². The molecule has 0 saturated carbocycles. The van der Waals surface area contributed by atoms with Crippen molar-refractivity contribution in [2.75, 3.05) is 50.3 Å². The summed E-state index contributed by atoms with van der Waals surface area (Å²) in [6.45, 7) is 0.390. The van der Waals surface area contributed by atoms with Crippen LogP contribution in [0.5, 0.6) is 0 Å². The van der Waals surface area contributed by atoms with E-state index in [9.17, 15) is 17.7 Å². The van der Waals surface area contributed by atoms with Gasteiger partial charge < -0.3 is 25.0 Å². The zero-order valence-corrected chi connectivity index (χ0v) is 18.3. The van der Waals surface area contributed by atoms with Gasteiger partial charge >= 0.3 is 6.18 Å². The van der Waals surface area contributed by atoms with E-state index in [0.717, 1.165) is 17.4 Å². The standard InChI is InChI=1S/C18H20F3N5O3S2/c1-26(3-4-27)17-23-8-10(9-24-17)12-7-11(18(19,20)21)13-14(22)16(30-15(13)25-12)31(28)6-5-29-2/h7-9,27H,3-6,22H2,1-2H3. The molecule has 0 fully saturated rings. The lowest BCUT2D eigenvalue weighted by atomic mass is 10.1. The topological polar surface area (TPSA) is 120 Å². The molecule has 0 saturated heterocycles. The van der Waals surface area contributed by atoms with E-state index in [4.69, 9.17) is 15.6 Å². The molecule has 0 bridgehead atoms. The van der Waals surface area contributed by atoms with Gasteiger partial charge in [-0.1, -0.05) is 11.3 Å². The van der Waals surface area contributed by atoms with Crippen LogP contribution < -0.4 is 10.6 Å². The number of fused-ring (bicyclic) bond motifs is 1. The van der Waals surface area contributed by atoms with E-state index in [1.165, 1.54) is 19.5 Å². The summed E-state index contributed by atoms with van der Waals surface area (Å²) in [5, 5.41) is 8.74. The number of alkyl halides is 3. The molecule has 3 aromatic rings. The van der Waals surface area contributed by atoms with Crippen LogP contribution in [0.1, 0.15) is 5.56 Å². The largest absolute Gasteiger partial charge is 0.611 e. The van der Waals surface area contributed by atoms with Crippen molar-refractivity contribution in [3.63, 3.8) is 0 Å². The van der Waals surface area contributed by atoms with Crippen LogP contribution >= 0.6 is 11.3 Å². The van der Waals surface area contributed by atoms with Crippen LogP contribution in [-0.2, 0) is 22.1 Å². The second-order valence-electron chi connectivity index (χ2n) is 6.50. The van der Waals surface area contributed by atoms with Crippen LogP contribution in [0.15, 0.2) is 22.7 Å². The molecule has 31 heavy (non-hydrogen) atoms. The van der Waals surface area contributed by atoms with Crippen molar-refractivity contribution in [2.45, 2.75) is 10.4 Å². The number of methoxy groups -OCH3 is 1. The first-order chi connectivity index (χ1) is 14.7. The van der Waals surface area contributed by atoms with Crippen molar-refractivity contribution in [1.29, 1.82) is 0 Å². The molecule has 13 heteroatoms. The van der Waals surface area contributed by atoms with Gasteiger partial charge in [0, 0.05) is 49.8 Å². The van der Waals surface area contributed by atoms with Gasteiger partial charge in [-0.05, 0) is 6.07 Å². The maximum absolute atomic E-state index is 13.8. The number of aliphatic hydroxyl groups is 1. The number of pyridine rings is 1. The molecule has 0 aliphatic heterocycles. The first-order valence-electron chi connectivity index (χ1n) is 8.99. The normalized spacial score (nSPS) is 13.0. The van der Waals surface area contributed by atoms with E-state index >= 15 is 0 Å². The predicted molar refractivity (Wildman–Crippen MR) is 114 cm³/mol. The molecular formula is C18H20F3N5O3S2. The molecule has 1 atom stereocenters. The molecule has 168 valence electrons. The molecule has 1 unspecified atom stereocenters. The predicted octanol–water partition coefficient (Wildman–Crippen LogP) is 2.54. The SMILES string of the molecule is COCC[S+]([O-])c1sc2nc(-c3cnc(N(C)CCO)nc3)cc(C(F)(F)F)c2c1N. The lowest BCUT2D eigenvalue weighted by Gasteiger charge is -2.15. The molecule has 3 rings (SSSR count). The smallest absolute Gasteiger partial charge is 0.417 e. The minimum atomic E-state index is -4.70. The van der Waals surface area contributed by atoms with Gasteiger partial charge in [-0.15, -0.1) is 0 Å². The molecule has 0 amide bonds. The van der Waals surface area contributed by atoms with Crippen LogP contribution in [0.25, 0.3) is 21.5 Å². The molecule has 0 aliphatic rings. The van der Waals surface area contributed by atoms with E-state index in [-0.39, 0.29) is 50.3 Å². The third kappa shape index (κ3) is 5.01. The summed E-state index contributed by atoms with van der Waals surface area (Å²) in [5.74, 6) is 0.421. The van der Waals surface area contributed by atoms with Gasteiger partial charge in [0.2, 0.25) is 10.2 Å². The highest BCUT2D eigenvalue weighted by Gasteiger charge is 2.37. The van der Waals surface area contributed by atoms with E-state index in [1.54, 1.807) is 11.9 Å². The molecule has 0 spiro atoms. The molecule has 8 nitrogen and oxygen atoms in total. The zero-order valence-electron chi connectivity index (χ0n) is 16.6. The maximum atomic E-state index is 13.8. The summed E-state index contributed by atoms with van der Waals surface area (Å²) in [7, 11) is 3.12. The van der Waals surface area contributed by atoms with Crippen molar-refractivity contribution in [1.82, 2.24) is 15.0 Å². The fraction of sp³-hybridized carbons (Fsp3) is 0.389. The summed E-state index contributed by atoms with van der Waals surface area (Å²) in [4.78, 5) is 14.2. The molecule has 0 aromatic carbocycles. The minimum Gasteiger partial charge on any atom is -0.611 e. The van der Waals surface area contributed by atoms with Gasteiger partial charge in [0.25, 0.3) is 0 Å². The van der Waals surface area contributed by atoms with Crippen LogP contribution in [0.3, 0.4) is 0 Å². The third-order valence-electron chi connectivity index (χ3n) is 4.36. The van der Waals surface area contributed by atoms with Crippen molar-refractivity contribution in [3.8, 4) is 11.3 Å². The number of nitrogens with two attached hydrogens (primary N) is 1. The second-order valence-corrected chi connectivity index (χ2v) is 9.26. The minimum absolute atomic E-state index is 0.0201. The Morgan fingerprint density at radius 1 is 1.32 bits per heavy atom. The number of ether oxygens (including phenoxy) is 1. The van der Waals surface area contributed by atoms with Crippen molar-refractivity contribution < 1.29 is 27.6 Å². The number of nitrogen functional groups attached to an aromatic ring is 1. The summed E-state index contributed by atoms with van der Waals surface area (Å²) < 4.78 is 59.0. The monoisotopic (exact) mass is 475 g/mol. The van der Waals surface area contributed by atoms with Gasteiger partial charge in [0.05, 0.1) is 29.9 Å². The summed E-state index contributed by atoms with van der Waals surface area (Å²) in [6.07, 6.45) is -1.98. The molecule has 0 aliphatic carbocycles. The van der Waals surface area contributed by atoms with Gasteiger partial charge in [0.15, 0.2) is 0 Å². The number of thiophene rings is 1. The Morgan fingerprint density at radius 2 is 2.00 bits per heavy atom. The summed E-state index contributed by atoms with van der Waals surface area (Å²) in [5.41, 5.74) is 5.12. The number of aliphatic hydroxyl groups excluding tert-OH is 1. The van der Waals surface area contributed by atoms with Gasteiger partial charge in [-0.2, -0.15) is 13.2 Å². The number of nitrogens with zero attached hydrogens (tertiary/aromatic N) is 4. The van der Waals surface area contributed by atoms with Crippen molar-refractivity contribution in [2.24, 2.45) is 0 Å². The molecule has 0 radical (unpaired) electrons. The average Bonchev–Trinajstić information content (AvgIpc) is 3.07. The van der Waals surface area contributed by atoms with E-state index in [0.29, 0.717) is 12.5 Å². The third-order valence-corrected chi connectivity index (χ3v) is 7.23. The highest BCUT2D eigenvalue weighted by atomic mass is 32.2. The first kappa shape index (κ1) is 23.5. The Hall–Kier alpha value is -2.19. The second kappa shape index (κ2) is 9.53. The van der Waals surface area contributed by atoms with Crippen LogP contribution in [0.2, 0.25) is 0 Å². The van der Waals surface area contributed by atoms with Gasteiger partial charge in [-0.25, -0.2) is 15.0 Å². The quantitative estimate of drug-likeness (QED) is 0.477. The number of anilines is 2. The number of rotatable bonds is 8. The van der Waals surface area contributed by atoms with E-state index in [2.05, 4.69) is 15.0 Å². The Morgan fingerprint density at radius 3 is 2.58 bits per heavy atom. The summed E-state index contributed by atoms with van der Waals surface area (Å²) >= 11 is -0.746. The summed E-state index contributed by atoms with van der Waals surface area (Å²) in [6, 6.07) is 0.892. The van der Waals surface area contributed by atoms with E-state index < -0.39 is 22.9 Å². The Labute approximate surface area is 183 Å². The lowest BCUT2D eigenvalue weighted by Crippen LogP contribution is -2.23. The number of hydrogen-bond donors (Lipinski definition) is 2. The Kier molecular flexibility index (Phi) is 7.21. The fourth-order valence-corrected chi connectivity index (χ4v) is 5.36. The number of aromatic nitrogens is 3. The molecule has 3 heterocycles. The van der Waals surface area contributed by atoms with Crippen molar-refractivity contribution >= 4 is 44.4 Å². The highest BCUT2D eigenvalue weighted by Crippen LogP contribution is 2.45. The van der Waals surface area contributed by atoms with Gasteiger partial charge in [0.1, 0.15) is 16.3 Å².